The van der Waals surface area contributed by atoms with Gasteiger partial charge in [0.05, 0.1) is 30.8 Å². The van der Waals surface area contributed by atoms with Crippen LogP contribution in [-0.4, -0.2) is 42.2 Å². The molecule has 49 heavy (non-hydrogen) atoms. The molecule has 3 aromatic rings. The molecule has 2 saturated heterocycles. The number of hydrogen-bond donors (Lipinski definition) is 0. The molecule has 252 valence electrons. The zero-order valence-electron chi connectivity index (χ0n) is 26.1. The summed E-state index contributed by atoms with van der Waals surface area (Å²) in [7, 11) is 0. The van der Waals surface area contributed by atoms with Crippen LogP contribution in [0.5, 0.6) is 11.5 Å². The number of hydrogen-bond acceptors (Lipinski definition) is 11. The van der Waals surface area contributed by atoms with E-state index in [0.717, 1.165) is 5.56 Å². The Morgan fingerprint density at radius 3 is 2.24 bits per heavy atom. The SMILES string of the molecule is O=C1CC(C2CC3C(=O)OC(=O)C3c3cc(OC(=O)CCCCCOOc4ccc(/C=C/C(=O)c5ccc(F)cc5)cc4)ccc32)C(=O)O1. The van der Waals surface area contributed by atoms with Gasteiger partial charge in [-0.3, -0.25) is 28.8 Å². The number of halogens is 1. The van der Waals surface area contributed by atoms with Gasteiger partial charge in [0.15, 0.2) is 11.5 Å². The van der Waals surface area contributed by atoms with Gasteiger partial charge in [0.1, 0.15) is 11.6 Å². The van der Waals surface area contributed by atoms with Crippen LogP contribution in [-0.2, 0) is 38.3 Å². The molecule has 0 N–H and O–H groups in total. The predicted molar refractivity (Wildman–Crippen MR) is 167 cm³/mol. The van der Waals surface area contributed by atoms with E-state index in [1.54, 1.807) is 42.5 Å². The number of carbonyl (C=O) groups excluding carboxylic acids is 6. The highest BCUT2D eigenvalue weighted by molar-refractivity contribution is 6.06. The van der Waals surface area contributed by atoms with Gasteiger partial charge in [-0.2, -0.15) is 4.89 Å². The fourth-order valence-corrected chi connectivity index (χ4v) is 6.33. The van der Waals surface area contributed by atoms with E-state index >= 15 is 0 Å². The van der Waals surface area contributed by atoms with Crippen LogP contribution in [0.1, 0.15) is 77.4 Å². The van der Waals surface area contributed by atoms with E-state index < -0.39 is 59.3 Å². The number of fused-ring (bicyclic) bond motifs is 3. The molecule has 0 saturated carbocycles. The molecule has 0 amide bonds. The minimum absolute atomic E-state index is 0.117. The first kappa shape index (κ1) is 33.4. The Hall–Kier alpha value is -5.49. The number of ketones is 1. The van der Waals surface area contributed by atoms with Crippen molar-refractivity contribution in [3.63, 3.8) is 0 Å². The predicted octanol–water partition coefficient (Wildman–Crippen LogP) is 5.56. The smallest absolute Gasteiger partial charge is 0.321 e. The maximum atomic E-state index is 13.0. The van der Waals surface area contributed by atoms with Crippen LogP contribution in [0.4, 0.5) is 4.39 Å². The van der Waals surface area contributed by atoms with Crippen molar-refractivity contribution in [1.29, 1.82) is 0 Å². The quantitative estimate of drug-likeness (QED) is 0.0329. The number of unbranched alkanes of at least 4 members (excludes halogenated alkanes) is 2. The Morgan fingerprint density at radius 1 is 0.776 bits per heavy atom. The van der Waals surface area contributed by atoms with Crippen LogP contribution in [0.3, 0.4) is 0 Å². The minimum Gasteiger partial charge on any atom is -0.427 e. The van der Waals surface area contributed by atoms with E-state index in [0.29, 0.717) is 41.7 Å². The second-order valence-corrected chi connectivity index (χ2v) is 12.0. The van der Waals surface area contributed by atoms with Gasteiger partial charge in [0.25, 0.3) is 0 Å². The molecule has 1 aliphatic carbocycles. The van der Waals surface area contributed by atoms with Gasteiger partial charge in [-0.15, -0.1) is 0 Å². The number of rotatable bonds is 13. The molecular formula is C37H31FO11. The Balaban J connectivity index is 0.930. The van der Waals surface area contributed by atoms with Crippen molar-refractivity contribution in [2.75, 3.05) is 6.61 Å². The van der Waals surface area contributed by atoms with Gasteiger partial charge < -0.3 is 19.1 Å². The molecule has 0 radical (unpaired) electrons. The highest BCUT2D eigenvalue weighted by Gasteiger charge is 2.53. The third-order valence-electron chi connectivity index (χ3n) is 8.78. The minimum atomic E-state index is -0.882. The zero-order chi connectivity index (χ0) is 34.5. The number of carbonyl (C=O) groups is 6. The summed E-state index contributed by atoms with van der Waals surface area (Å²) in [4.78, 5) is 84.5. The summed E-state index contributed by atoms with van der Waals surface area (Å²) >= 11 is 0. The Morgan fingerprint density at radius 2 is 1.51 bits per heavy atom. The first-order chi connectivity index (χ1) is 23.7. The summed E-state index contributed by atoms with van der Waals surface area (Å²) < 4.78 is 28.2. The first-order valence-electron chi connectivity index (χ1n) is 15.9. The topological polar surface area (TPSA) is 149 Å². The number of cyclic esters (lactones) is 4. The van der Waals surface area contributed by atoms with Crippen molar-refractivity contribution in [2.45, 2.75) is 50.4 Å². The van der Waals surface area contributed by atoms with Crippen molar-refractivity contribution >= 4 is 41.7 Å². The Kier molecular flexibility index (Phi) is 10.0. The van der Waals surface area contributed by atoms with Gasteiger partial charge in [0, 0.05) is 12.0 Å². The van der Waals surface area contributed by atoms with Crippen LogP contribution in [0, 0.1) is 17.7 Å². The summed E-state index contributed by atoms with van der Waals surface area (Å²) in [5.74, 6) is -6.14. The van der Waals surface area contributed by atoms with E-state index in [1.807, 2.05) is 0 Å². The third kappa shape index (κ3) is 7.81. The normalized spacial score (nSPS) is 21.2. The van der Waals surface area contributed by atoms with Crippen molar-refractivity contribution in [3.05, 3.63) is 101 Å². The molecule has 0 spiro atoms. The van der Waals surface area contributed by atoms with Crippen LogP contribution < -0.4 is 9.62 Å². The van der Waals surface area contributed by atoms with Crippen molar-refractivity contribution in [1.82, 2.24) is 0 Å². The first-order valence-corrected chi connectivity index (χ1v) is 15.9. The largest absolute Gasteiger partial charge is 0.427 e. The second kappa shape index (κ2) is 14.7. The number of esters is 5. The summed E-state index contributed by atoms with van der Waals surface area (Å²) in [6.07, 6.45) is 5.02. The molecule has 6 rings (SSSR count). The average molecular weight is 671 g/mol. The maximum absolute atomic E-state index is 13.0. The number of benzene rings is 3. The molecule has 11 nitrogen and oxygen atoms in total. The molecular weight excluding hydrogens is 639 g/mol. The summed E-state index contributed by atoms with van der Waals surface area (Å²) in [6.45, 7) is 0.284. The maximum Gasteiger partial charge on any atom is 0.321 e. The molecule has 2 heterocycles. The lowest BCUT2D eigenvalue weighted by Crippen LogP contribution is -2.31. The fourth-order valence-electron chi connectivity index (χ4n) is 6.33. The zero-order valence-corrected chi connectivity index (χ0v) is 26.1. The summed E-state index contributed by atoms with van der Waals surface area (Å²) in [5.41, 5.74) is 2.21. The molecule has 3 aliphatic rings. The van der Waals surface area contributed by atoms with E-state index in [2.05, 4.69) is 0 Å². The molecule has 4 unspecified atom stereocenters. The number of ether oxygens (including phenoxy) is 3. The molecule has 12 heteroatoms. The van der Waals surface area contributed by atoms with Gasteiger partial charge in [-0.25, -0.2) is 4.39 Å². The molecule has 2 fully saturated rings. The van der Waals surface area contributed by atoms with E-state index in [-0.39, 0.29) is 37.4 Å². The summed E-state index contributed by atoms with van der Waals surface area (Å²) in [6, 6.07) is 17.0. The van der Waals surface area contributed by atoms with Crippen LogP contribution in [0.15, 0.2) is 72.8 Å². The van der Waals surface area contributed by atoms with Crippen molar-refractivity contribution in [2.24, 2.45) is 11.8 Å². The van der Waals surface area contributed by atoms with Gasteiger partial charge in [0.2, 0.25) is 0 Å². The molecule has 2 aliphatic heterocycles. The molecule has 4 atom stereocenters. The molecule has 0 aromatic heterocycles. The van der Waals surface area contributed by atoms with Crippen molar-refractivity contribution in [3.8, 4) is 11.5 Å². The van der Waals surface area contributed by atoms with Crippen LogP contribution in [0.2, 0.25) is 0 Å². The second-order valence-electron chi connectivity index (χ2n) is 12.0. The fraction of sp³-hybridized carbons (Fsp3) is 0.297. The van der Waals surface area contributed by atoms with Crippen LogP contribution in [0.25, 0.3) is 6.08 Å². The lowest BCUT2D eigenvalue weighted by atomic mass is 9.67. The molecule has 0 bridgehead atoms. The standard InChI is InChI=1S/C37H31FO11/c38-23-10-8-22(9-11-23)31(39)16-7-21-5-12-24(13-6-21)49-45-17-3-1-2-4-32(40)46-25-14-15-26-27(29-20-33(41)47-35(29)42)19-30-34(28(26)18-25)37(44)48-36(30)43/h5-16,18,27,29-30,34H,1-4,17,19-20H2/b16-7+. The third-order valence-corrected chi connectivity index (χ3v) is 8.78. The summed E-state index contributed by atoms with van der Waals surface area (Å²) in [5, 5.41) is 0. The highest BCUT2D eigenvalue weighted by atomic mass is 19.1. The Bertz CT molecular complexity index is 1810. The van der Waals surface area contributed by atoms with Gasteiger partial charge in [-0.1, -0.05) is 30.7 Å². The lowest BCUT2D eigenvalue weighted by Gasteiger charge is -2.33. The van der Waals surface area contributed by atoms with Crippen molar-refractivity contribution < 1.29 is 57.1 Å². The van der Waals surface area contributed by atoms with E-state index in [9.17, 15) is 33.2 Å². The average Bonchev–Trinajstić information content (AvgIpc) is 3.58. The highest BCUT2D eigenvalue weighted by Crippen LogP contribution is 2.51. The van der Waals surface area contributed by atoms with Crippen LogP contribution >= 0.6 is 0 Å². The van der Waals surface area contributed by atoms with Gasteiger partial charge in [-0.05, 0) is 96.5 Å². The lowest BCUT2D eigenvalue weighted by molar-refractivity contribution is -0.207. The number of allylic oxidation sites excluding steroid dienone is 1. The Labute approximate surface area is 279 Å². The monoisotopic (exact) mass is 670 g/mol. The van der Waals surface area contributed by atoms with Gasteiger partial charge >= 0.3 is 29.8 Å². The van der Waals surface area contributed by atoms with E-state index in [1.165, 1.54) is 36.4 Å². The molecule has 3 aromatic carbocycles. The van der Waals surface area contributed by atoms with E-state index in [4.69, 9.17) is 24.0 Å².